The second-order valence-corrected chi connectivity index (χ2v) is 10.5. The van der Waals surface area contributed by atoms with Crippen molar-refractivity contribution in [2.24, 2.45) is 0 Å². The molecule has 5 aromatic rings. The molecule has 1 unspecified atom stereocenters. The second kappa shape index (κ2) is 8.99. The molecule has 1 aliphatic carbocycles. The number of hydrogen-bond acceptors (Lipinski definition) is 9. The predicted molar refractivity (Wildman–Crippen MR) is 139 cm³/mol. The third-order valence-electron chi connectivity index (χ3n) is 6.07. The molecule has 0 radical (unpaired) electrons. The van der Waals surface area contributed by atoms with Crippen LogP contribution in [0.1, 0.15) is 47.2 Å². The van der Waals surface area contributed by atoms with Crippen LogP contribution in [-0.4, -0.2) is 32.1 Å². The van der Waals surface area contributed by atoms with Crippen LogP contribution in [0.4, 0.5) is 10.5 Å². The normalized spacial score (nSPS) is 14.6. The van der Waals surface area contributed by atoms with E-state index >= 15 is 0 Å². The number of pyridine rings is 1. The van der Waals surface area contributed by atoms with Gasteiger partial charge in [-0.2, -0.15) is 0 Å². The summed E-state index contributed by atoms with van der Waals surface area (Å²) in [5.74, 6) is 5.28. The van der Waals surface area contributed by atoms with E-state index in [4.69, 9.17) is 9.15 Å². The minimum absolute atomic E-state index is 0.216. The van der Waals surface area contributed by atoms with Gasteiger partial charge in [0, 0.05) is 6.20 Å². The molecule has 1 fully saturated rings. The van der Waals surface area contributed by atoms with Gasteiger partial charge in [-0.25, -0.2) is 19.7 Å². The van der Waals surface area contributed by atoms with Crippen molar-refractivity contribution in [3.63, 3.8) is 0 Å². The number of benzene rings is 1. The second-order valence-electron chi connectivity index (χ2n) is 8.53. The first-order chi connectivity index (χ1) is 17.9. The van der Waals surface area contributed by atoms with Gasteiger partial charge in [0.15, 0.2) is 14.7 Å². The van der Waals surface area contributed by atoms with Gasteiger partial charge in [-0.15, -0.1) is 0 Å². The molecule has 1 amide bonds. The number of hydrogen-bond donors (Lipinski definition) is 2. The van der Waals surface area contributed by atoms with Gasteiger partial charge in [-0.1, -0.05) is 53.0 Å². The topological polar surface area (TPSA) is 127 Å². The number of carbonyl (C=O) groups excluding carboxylic acids is 1. The molecule has 9 nitrogen and oxygen atoms in total. The summed E-state index contributed by atoms with van der Waals surface area (Å²) in [7, 11) is 0. The largest absolute Gasteiger partial charge is 0.481 e. The lowest BCUT2D eigenvalue weighted by atomic mass is 10.1. The van der Waals surface area contributed by atoms with Gasteiger partial charge in [-0.3, -0.25) is 10.1 Å². The van der Waals surface area contributed by atoms with Crippen LogP contribution >= 0.6 is 22.7 Å². The van der Waals surface area contributed by atoms with Crippen LogP contribution in [0.15, 0.2) is 53.1 Å². The van der Waals surface area contributed by atoms with E-state index in [9.17, 15) is 14.7 Å². The SMILES string of the molecule is CC(OC(=O)Nc1c(C#Cc2nc3sc(C4(C(=O)O)CC4)nc3s2)oc2ncccc12)c1ccccc1. The van der Waals surface area contributed by atoms with E-state index in [1.807, 2.05) is 30.3 Å². The van der Waals surface area contributed by atoms with E-state index in [1.54, 1.807) is 25.3 Å². The number of nitrogens with zero attached hydrogens (tertiary/aromatic N) is 3. The number of aromatic nitrogens is 3. The molecule has 0 bridgehead atoms. The molecule has 1 aliphatic rings. The highest BCUT2D eigenvalue weighted by molar-refractivity contribution is 7.26. The molecule has 37 heavy (non-hydrogen) atoms. The average molecular weight is 531 g/mol. The summed E-state index contributed by atoms with van der Waals surface area (Å²) in [5.41, 5.74) is 0.698. The molecule has 184 valence electrons. The van der Waals surface area contributed by atoms with Crippen molar-refractivity contribution in [3.8, 4) is 11.8 Å². The van der Waals surface area contributed by atoms with Crippen molar-refractivity contribution in [1.82, 2.24) is 15.0 Å². The highest BCUT2D eigenvalue weighted by Crippen LogP contribution is 2.50. The quantitative estimate of drug-likeness (QED) is 0.276. The first kappa shape index (κ1) is 23.1. The number of carboxylic acid groups (broad SMARTS) is 1. The molecule has 6 rings (SSSR count). The molecule has 2 N–H and O–H groups in total. The number of furan rings is 1. The van der Waals surface area contributed by atoms with E-state index in [0.29, 0.717) is 49.3 Å². The number of thiazole rings is 2. The summed E-state index contributed by atoms with van der Waals surface area (Å²) >= 11 is 2.57. The van der Waals surface area contributed by atoms with Crippen molar-refractivity contribution in [2.45, 2.75) is 31.3 Å². The Bertz CT molecular complexity index is 1690. The average Bonchev–Trinajstić information content (AvgIpc) is 3.33. The number of carboxylic acids is 1. The van der Waals surface area contributed by atoms with Crippen LogP contribution < -0.4 is 5.32 Å². The Morgan fingerprint density at radius 1 is 1.11 bits per heavy atom. The predicted octanol–water partition coefficient (Wildman–Crippen LogP) is 5.72. The van der Waals surface area contributed by atoms with Crippen LogP contribution in [0.2, 0.25) is 0 Å². The fourth-order valence-corrected chi connectivity index (χ4v) is 6.02. The van der Waals surface area contributed by atoms with Crippen molar-refractivity contribution < 1.29 is 23.8 Å². The number of amides is 1. The molecule has 0 saturated heterocycles. The maximum absolute atomic E-state index is 12.7. The summed E-state index contributed by atoms with van der Waals surface area (Å²) in [5, 5.41) is 13.9. The van der Waals surface area contributed by atoms with Gasteiger partial charge >= 0.3 is 12.1 Å². The van der Waals surface area contributed by atoms with E-state index in [0.717, 1.165) is 5.56 Å². The van der Waals surface area contributed by atoms with E-state index < -0.39 is 23.6 Å². The van der Waals surface area contributed by atoms with Crippen LogP contribution in [-0.2, 0) is 14.9 Å². The standard InChI is InChI=1S/C26H18N4O5S2/c1-14(15-6-3-2-4-7-15)34-25(33)29-19-16-8-5-13-27-20(16)35-17(19)9-10-18-28-21-22(36-18)30-23(37-21)26(11-12-26)24(31)32/h2-8,13-14H,11-12H2,1H3,(H,29,33)(H,31,32). The molecule has 1 atom stereocenters. The fraction of sp³-hybridized carbons (Fsp3) is 0.192. The Morgan fingerprint density at radius 3 is 2.62 bits per heavy atom. The monoisotopic (exact) mass is 530 g/mol. The van der Waals surface area contributed by atoms with Crippen LogP contribution in [0, 0.1) is 11.8 Å². The smallest absolute Gasteiger partial charge is 0.412 e. The number of nitrogens with one attached hydrogen (secondary N) is 1. The number of aliphatic carboxylic acids is 1. The number of carbonyl (C=O) groups is 2. The van der Waals surface area contributed by atoms with Gasteiger partial charge in [0.2, 0.25) is 11.5 Å². The fourth-order valence-electron chi connectivity index (χ4n) is 3.88. The molecule has 11 heteroatoms. The molecule has 0 spiro atoms. The summed E-state index contributed by atoms with van der Waals surface area (Å²) in [4.78, 5) is 38.8. The van der Waals surface area contributed by atoms with Crippen LogP contribution in [0.5, 0.6) is 0 Å². The summed E-state index contributed by atoms with van der Waals surface area (Å²) in [6.45, 7) is 1.79. The maximum atomic E-state index is 12.7. The van der Waals surface area contributed by atoms with Crippen LogP contribution in [0.25, 0.3) is 20.8 Å². The zero-order chi connectivity index (χ0) is 25.6. The Kier molecular flexibility index (Phi) is 5.62. The third-order valence-corrected chi connectivity index (χ3v) is 8.22. The Morgan fingerprint density at radius 2 is 1.89 bits per heavy atom. The number of ether oxygens (including phenoxy) is 1. The highest BCUT2D eigenvalue weighted by atomic mass is 32.1. The molecular weight excluding hydrogens is 512 g/mol. The molecule has 0 aliphatic heterocycles. The van der Waals surface area contributed by atoms with Crippen molar-refractivity contribution >= 4 is 61.2 Å². The summed E-state index contributed by atoms with van der Waals surface area (Å²) in [6.07, 6.45) is 1.68. The Labute approximate surface area is 218 Å². The van der Waals surface area contributed by atoms with Crippen molar-refractivity contribution in [1.29, 1.82) is 0 Å². The molecule has 4 aromatic heterocycles. The molecule has 1 saturated carbocycles. The maximum Gasteiger partial charge on any atom is 0.412 e. The van der Waals surface area contributed by atoms with Gasteiger partial charge < -0.3 is 14.3 Å². The van der Waals surface area contributed by atoms with Gasteiger partial charge in [-0.05, 0) is 49.3 Å². The van der Waals surface area contributed by atoms with Gasteiger partial charge in [0.1, 0.15) is 22.2 Å². The van der Waals surface area contributed by atoms with Gasteiger partial charge in [0.05, 0.1) is 5.39 Å². The highest BCUT2D eigenvalue weighted by Gasteiger charge is 2.54. The zero-order valence-electron chi connectivity index (χ0n) is 19.3. The lowest BCUT2D eigenvalue weighted by molar-refractivity contribution is -0.140. The Hall–Kier alpha value is -4.27. The van der Waals surface area contributed by atoms with Crippen LogP contribution in [0.3, 0.4) is 0 Å². The van der Waals surface area contributed by atoms with E-state index in [-0.39, 0.29) is 5.76 Å². The zero-order valence-corrected chi connectivity index (χ0v) is 21.0. The number of rotatable bonds is 5. The summed E-state index contributed by atoms with van der Waals surface area (Å²) < 4.78 is 11.4. The number of fused-ring (bicyclic) bond motifs is 2. The molecule has 4 heterocycles. The minimum Gasteiger partial charge on any atom is -0.481 e. The number of anilines is 1. The summed E-state index contributed by atoms with van der Waals surface area (Å²) in [6, 6.07) is 12.9. The minimum atomic E-state index is -0.856. The first-order valence-electron chi connectivity index (χ1n) is 11.4. The van der Waals surface area contributed by atoms with Crippen molar-refractivity contribution in [3.05, 3.63) is 70.0 Å². The Balaban J connectivity index is 1.26. The lowest BCUT2D eigenvalue weighted by Gasteiger charge is -2.13. The molecule has 1 aromatic carbocycles. The third kappa shape index (κ3) is 4.30. The molecular formula is C26H18N4O5S2. The first-order valence-corrected chi connectivity index (χ1v) is 13.0. The van der Waals surface area contributed by atoms with E-state index in [2.05, 4.69) is 32.1 Å². The van der Waals surface area contributed by atoms with Crippen molar-refractivity contribution in [2.75, 3.05) is 5.32 Å². The van der Waals surface area contributed by atoms with Gasteiger partial charge in [0.25, 0.3) is 0 Å². The van der Waals surface area contributed by atoms with E-state index in [1.165, 1.54) is 22.7 Å². The lowest BCUT2D eigenvalue weighted by Crippen LogP contribution is -2.18.